The zero-order valence-corrected chi connectivity index (χ0v) is 12.4. The number of hydrogen-bond donors (Lipinski definition) is 2. The van der Waals surface area contributed by atoms with Crippen LogP contribution in [0.1, 0.15) is 5.82 Å². The molecule has 0 radical (unpaired) electrons. The molecule has 5 nitrogen and oxygen atoms in total. The number of nitrogen functional groups attached to an aromatic ring is 1. The minimum Gasteiger partial charge on any atom is -0.437 e. The lowest BCUT2D eigenvalue weighted by molar-refractivity contribution is -0.145. The summed E-state index contributed by atoms with van der Waals surface area (Å²) in [7, 11) is 0. The molecular weight excluding hydrogens is 376 g/mol. The number of rotatable bonds is 3. The van der Waals surface area contributed by atoms with Crippen molar-refractivity contribution in [1.29, 1.82) is 0 Å². The average molecular weight is 384 g/mol. The topological polar surface area (TPSA) is 73.1 Å². The van der Waals surface area contributed by atoms with Gasteiger partial charge in [-0.3, -0.25) is 0 Å². The molecule has 0 aliphatic carbocycles. The van der Waals surface area contributed by atoms with E-state index >= 15 is 0 Å². The molecule has 0 saturated carbocycles. The van der Waals surface area contributed by atoms with Gasteiger partial charge in [-0.1, -0.05) is 27.5 Å². The van der Waals surface area contributed by atoms with Crippen LogP contribution in [0.5, 0.6) is 11.6 Å². The van der Waals surface area contributed by atoms with Crippen molar-refractivity contribution in [3.8, 4) is 11.6 Å². The molecule has 3 N–H and O–H groups in total. The number of anilines is 1. The van der Waals surface area contributed by atoms with E-state index in [0.717, 1.165) is 6.07 Å². The van der Waals surface area contributed by atoms with Gasteiger partial charge in [0.2, 0.25) is 11.7 Å². The summed E-state index contributed by atoms with van der Waals surface area (Å²) < 4.78 is 44.0. The number of hydrogen-bond acceptors (Lipinski definition) is 5. The van der Waals surface area contributed by atoms with E-state index in [1.165, 1.54) is 12.1 Å². The van der Waals surface area contributed by atoms with E-state index in [4.69, 9.17) is 22.2 Å². The number of alkyl halides is 3. The van der Waals surface area contributed by atoms with E-state index in [-0.39, 0.29) is 22.5 Å². The monoisotopic (exact) mass is 382 g/mol. The molecule has 0 aliphatic rings. The van der Waals surface area contributed by atoms with Gasteiger partial charge in [-0.05, 0) is 18.2 Å². The molecule has 2 rings (SSSR count). The highest BCUT2D eigenvalue weighted by molar-refractivity contribution is 9.10. The lowest BCUT2D eigenvalue weighted by Gasteiger charge is -2.11. The molecule has 0 spiro atoms. The van der Waals surface area contributed by atoms with Crippen molar-refractivity contribution >= 4 is 33.3 Å². The number of nitrogens with zero attached hydrogens (tertiary/aromatic N) is 2. The third-order valence-corrected chi connectivity index (χ3v) is 3.02. The van der Waals surface area contributed by atoms with Gasteiger partial charge in [-0.25, -0.2) is 10.8 Å². The van der Waals surface area contributed by atoms with E-state index in [9.17, 15) is 13.2 Å². The number of nitrogens with one attached hydrogen (secondary N) is 1. The normalized spacial score (nSPS) is 11.3. The Kier molecular flexibility index (Phi) is 4.55. The molecule has 112 valence electrons. The second kappa shape index (κ2) is 6.04. The van der Waals surface area contributed by atoms with Crippen LogP contribution in [0, 0.1) is 0 Å². The molecule has 21 heavy (non-hydrogen) atoms. The number of nitrogens with two attached hydrogens (primary N) is 1. The number of aromatic nitrogens is 2. The van der Waals surface area contributed by atoms with Crippen LogP contribution < -0.4 is 16.0 Å². The van der Waals surface area contributed by atoms with Gasteiger partial charge < -0.3 is 10.2 Å². The van der Waals surface area contributed by atoms with Crippen LogP contribution in [-0.2, 0) is 6.18 Å². The lowest BCUT2D eigenvalue weighted by atomic mass is 10.3. The third-order valence-electron chi connectivity index (χ3n) is 2.21. The fourth-order valence-electron chi connectivity index (χ4n) is 1.35. The van der Waals surface area contributed by atoms with Crippen LogP contribution in [0.2, 0.25) is 5.02 Å². The minimum absolute atomic E-state index is 0.140. The lowest BCUT2D eigenvalue weighted by Crippen LogP contribution is -2.16. The highest BCUT2D eigenvalue weighted by atomic mass is 79.9. The number of ether oxygens (including phenoxy) is 1. The minimum atomic E-state index is -4.73. The SMILES string of the molecule is NNc1cc(Oc2cc(Br)ccc2Cl)nc(C(F)(F)F)n1. The van der Waals surface area contributed by atoms with Gasteiger partial charge in [0.25, 0.3) is 0 Å². The van der Waals surface area contributed by atoms with E-state index in [0.29, 0.717) is 4.47 Å². The van der Waals surface area contributed by atoms with Crippen LogP contribution in [-0.4, -0.2) is 9.97 Å². The van der Waals surface area contributed by atoms with Crippen molar-refractivity contribution in [3.05, 3.63) is 39.6 Å². The molecule has 2 aromatic rings. The van der Waals surface area contributed by atoms with E-state index in [1.807, 2.05) is 5.43 Å². The second-order valence-electron chi connectivity index (χ2n) is 3.73. The molecule has 0 fully saturated rings. The van der Waals surface area contributed by atoms with Crippen molar-refractivity contribution in [1.82, 2.24) is 9.97 Å². The Morgan fingerprint density at radius 2 is 1.95 bits per heavy atom. The summed E-state index contributed by atoms with van der Waals surface area (Å²) >= 11 is 9.10. The summed E-state index contributed by atoms with van der Waals surface area (Å²) in [4.78, 5) is 6.50. The predicted octanol–water partition coefficient (Wildman–Crippen LogP) is 3.99. The summed E-state index contributed by atoms with van der Waals surface area (Å²) in [5.74, 6) is 3.27. The molecule has 0 unspecified atom stereocenters. The first-order valence-electron chi connectivity index (χ1n) is 5.35. The Morgan fingerprint density at radius 3 is 2.57 bits per heavy atom. The number of benzene rings is 1. The van der Waals surface area contributed by atoms with Gasteiger partial charge in [-0.15, -0.1) is 0 Å². The summed E-state index contributed by atoms with van der Waals surface area (Å²) in [5, 5.41) is 0.215. The van der Waals surface area contributed by atoms with Gasteiger partial charge in [0.05, 0.1) is 5.02 Å². The Bertz CT molecular complexity index is 668. The predicted molar refractivity (Wildman–Crippen MR) is 74.1 cm³/mol. The fourth-order valence-corrected chi connectivity index (χ4v) is 1.84. The zero-order valence-electron chi connectivity index (χ0n) is 10.1. The molecule has 0 bridgehead atoms. The van der Waals surface area contributed by atoms with Gasteiger partial charge >= 0.3 is 6.18 Å². The Labute approximate surface area is 130 Å². The highest BCUT2D eigenvalue weighted by Crippen LogP contribution is 2.34. The first-order chi connectivity index (χ1) is 9.79. The molecule has 0 aliphatic heterocycles. The Morgan fingerprint density at radius 1 is 1.24 bits per heavy atom. The van der Waals surface area contributed by atoms with Crippen LogP contribution in [0.25, 0.3) is 0 Å². The molecule has 1 aromatic heterocycles. The molecule has 0 saturated heterocycles. The Hall–Kier alpha value is -1.58. The van der Waals surface area contributed by atoms with E-state index < -0.39 is 12.0 Å². The standard InChI is InChI=1S/C11H7BrClF3N4O/c12-5-1-2-6(13)7(3-5)21-9-4-8(20-17)18-10(19-9)11(14,15)16/h1-4H,17H2,(H,18,19,20). The van der Waals surface area contributed by atoms with Crippen molar-refractivity contribution in [2.75, 3.05) is 5.43 Å². The van der Waals surface area contributed by atoms with E-state index in [1.54, 1.807) is 6.07 Å². The van der Waals surface area contributed by atoms with Gasteiger partial charge in [0.15, 0.2) is 0 Å². The largest absolute Gasteiger partial charge is 0.451 e. The van der Waals surface area contributed by atoms with Gasteiger partial charge in [0, 0.05) is 10.5 Å². The molecule has 0 atom stereocenters. The van der Waals surface area contributed by atoms with Gasteiger partial charge in [0.1, 0.15) is 11.6 Å². The van der Waals surface area contributed by atoms with Crippen LogP contribution in [0.4, 0.5) is 19.0 Å². The zero-order chi connectivity index (χ0) is 15.6. The maximum absolute atomic E-state index is 12.7. The van der Waals surface area contributed by atoms with Crippen LogP contribution >= 0.6 is 27.5 Å². The Balaban J connectivity index is 2.42. The van der Waals surface area contributed by atoms with Gasteiger partial charge in [-0.2, -0.15) is 18.2 Å². The second-order valence-corrected chi connectivity index (χ2v) is 5.06. The first-order valence-corrected chi connectivity index (χ1v) is 6.52. The van der Waals surface area contributed by atoms with Crippen molar-refractivity contribution in [3.63, 3.8) is 0 Å². The van der Waals surface area contributed by atoms with Crippen molar-refractivity contribution in [2.45, 2.75) is 6.18 Å². The summed E-state index contributed by atoms with van der Waals surface area (Å²) in [5.41, 5.74) is 2.02. The van der Waals surface area contributed by atoms with E-state index in [2.05, 4.69) is 25.9 Å². The summed E-state index contributed by atoms with van der Waals surface area (Å²) in [6.07, 6.45) is -4.73. The van der Waals surface area contributed by atoms with Crippen LogP contribution in [0.15, 0.2) is 28.7 Å². The highest BCUT2D eigenvalue weighted by Gasteiger charge is 2.35. The summed E-state index contributed by atoms with van der Waals surface area (Å²) in [6, 6.07) is 5.79. The number of hydrazine groups is 1. The van der Waals surface area contributed by atoms with Crippen LogP contribution in [0.3, 0.4) is 0 Å². The molecule has 0 amide bonds. The molecule has 10 heteroatoms. The van der Waals surface area contributed by atoms with Crippen molar-refractivity contribution < 1.29 is 17.9 Å². The quantitative estimate of drug-likeness (QED) is 0.619. The molecular formula is C11H7BrClF3N4O. The molecule has 1 heterocycles. The smallest absolute Gasteiger partial charge is 0.437 e. The maximum atomic E-state index is 12.7. The average Bonchev–Trinajstić information content (AvgIpc) is 2.41. The number of halogens is 5. The fraction of sp³-hybridized carbons (Fsp3) is 0.0909. The molecule has 1 aromatic carbocycles. The summed E-state index contributed by atoms with van der Waals surface area (Å²) in [6.45, 7) is 0. The maximum Gasteiger partial charge on any atom is 0.451 e. The first kappa shape index (κ1) is 15.8. The third kappa shape index (κ3) is 3.96. The van der Waals surface area contributed by atoms with Crippen molar-refractivity contribution in [2.24, 2.45) is 5.84 Å².